The molecular weight excluding hydrogens is 513 g/mol. The van der Waals surface area contributed by atoms with Gasteiger partial charge < -0.3 is 4.74 Å². The van der Waals surface area contributed by atoms with Gasteiger partial charge in [0.1, 0.15) is 5.52 Å². The van der Waals surface area contributed by atoms with Crippen LogP contribution in [0.5, 0.6) is 0 Å². The van der Waals surface area contributed by atoms with Crippen molar-refractivity contribution in [3.63, 3.8) is 0 Å². The average Bonchev–Trinajstić information content (AvgIpc) is 3.34. The van der Waals surface area contributed by atoms with Crippen molar-refractivity contribution in [2.24, 2.45) is 0 Å². The van der Waals surface area contributed by atoms with E-state index in [2.05, 4.69) is 4.90 Å². The Balaban J connectivity index is 0.00000304. The molecular formula is C28H29Cl2N3O2S. The van der Waals surface area contributed by atoms with Gasteiger partial charge in [0.25, 0.3) is 0 Å². The Bertz CT molecular complexity index is 1220. The molecule has 36 heavy (non-hydrogen) atoms. The van der Waals surface area contributed by atoms with Gasteiger partial charge in [0.2, 0.25) is 5.91 Å². The molecule has 1 amide bonds. The summed E-state index contributed by atoms with van der Waals surface area (Å²) in [4.78, 5) is 23.4. The number of para-hydroxylation sites is 1. The van der Waals surface area contributed by atoms with E-state index in [1.165, 1.54) is 11.3 Å². The molecule has 1 aromatic heterocycles. The second kappa shape index (κ2) is 12.7. The highest BCUT2D eigenvalue weighted by molar-refractivity contribution is 7.22. The Kier molecular flexibility index (Phi) is 9.35. The number of carbonyl (C=O) groups is 1. The number of hydrogen-bond donors (Lipinski definition) is 0. The highest BCUT2D eigenvalue weighted by atomic mass is 35.5. The summed E-state index contributed by atoms with van der Waals surface area (Å²) >= 11 is 7.95. The van der Waals surface area contributed by atoms with Gasteiger partial charge >= 0.3 is 0 Å². The fraction of sp³-hybridized carbons (Fsp3) is 0.286. The minimum absolute atomic E-state index is 0. The van der Waals surface area contributed by atoms with Gasteiger partial charge in [0.15, 0.2) is 5.13 Å². The van der Waals surface area contributed by atoms with E-state index < -0.39 is 5.92 Å². The van der Waals surface area contributed by atoms with Crippen LogP contribution in [0, 0.1) is 0 Å². The van der Waals surface area contributed by atoms with Gasteiger partial charge in [0.05, 0.1) is 28.9 Å². The summed E-state index contributed by atoms with van der Waals surface area (Å²) in [5.74, 6) is -0.386. The first-order valence-corrected chi connectivity index (χ1v) is 13.2. The van der Waals surface area contributed by atoms with Gasteiger partial charge in [-0.05, 0) is 29.7 Å². The van der Waals surface area contributed by atoms with Crippen LogP contribution in [0.4, 0.5) is 5.13 Å². The van der Waals surface area contributed by atoms with Crippen molar-refractivity contribution in [2.75, 3.05) is 44.3 Å². The lowest BCUT2D eigenvalue weighted by molar-refractivity contribution is -0.119. The van der Waals surface area contributed by atoms with E-state index in [0.717, 1.165) is 60.6 Å². The number of hydrogen-bond acceptors (Lipinski definition) is 5. The molecule has 0 radical (unpaired) electrons. The van der Waals surface area contributed by atoms with Crippen molar-refractivity contribution in [1.29, 1.82) is 0 Å². The van der Waals surface area contributed by atoms with Crippen molar-refractivity contribution in [2.45, 2.75) is 12.3 Å². The number of rotatable bonds is 8. The van der Waals surface area contributed by atoms with Crippen molar-refractivity contribution in [3.8, 4) is 0 Å². The molecule has 0 N–H and O–H groups in total. The first kappa shape index (κ1) is 26.6. The Hall–Kier alpha value is -2.48. The normalized spacial score (nSPS) is 14.1. The Morgan fingerprint density at radius 1 is 0.972 bits per heavy atom. The van der Waals surface area contributed by atoms with Gasteiger partial charge in [-0.25, -0.2) is 4.98 Å². The smallest absolute Gasteiger partial charge is 0.240 e. The second-order valence-corrected chi connectivity index (χ2v) is 10.1. The van der Waals surface area contributed by atoms with Crippen LogP contribution in [0.1, 0.15) is 23.5 Å². The number of amides is 1. The fourth-order valence-electron chi connectivity index (χ4n) is 4.52. The van der Waals surface area contributed by atoms with Gasteiger partial charge in [-0.3, -0.25) is 14.6 Å². The predicted octanol–water partition coefficient (Wildman–Crippen LogP) is 6.26. The SMILES string of the molecule is Cl.O=C(C(c1ccccc1)c1ccccc1)N(CCCN1CCOCC1)c1nc2c(Cl)cccc2s1. The monoisotopic (exact) mass is 541 g/mol. The van der Waals surface area contributed by atoms with Crippen LogP contribution in [0.15, 0.2) is 78.9 Å². The average molecular weight is 543 g/mol. The molecule has 1 fully saturated rings. The molecule has 5 nitrogen and oxygen atoms in total. The molecule has 3 aromatic carbocycles. The number of fused-ring (bicyclic) bond motifs is 1. The number of aromatic nitrogens is 1. The summed E-state index contributed by atoms with van der Waals surface area (Å²) in [6.45, 7) is 4.90. The number of benzene rings is 3. The first-order chi connectivity index (χ1) is 17.2. The highest BCUT2D eigenvalue weighted by Crippen LogP contribution is 2.35. The van der Waals surface area contributed by atoms with E-state index in [1.807, 2.05) is 83.8 Å². The topological polar surface area (TPSA) is 45.7 Å². The van der Waals surface area contributed by atoms with Gasteiger partial charge in [-0.2, -0.15) is 0 Å². The Morgan fingerprint density at radius 3 is 2.22 bits per heavy atom. The molecule has 0 spiro atoms. The lowest BCUT2D eigenvalue weighted by Crippen LogP contribution is -2.40. The van der Waals surface area contributed by atoms with Crippen LogP contribution in [-0.2, 0) is 9.53 Å². The van der Waals surface area contributed by atoms with E-state index in [9.17, 15) is 4.79 Å². The zero-order valence-corrected chi connectivity index (χ0v) is 22.3. The van der Waals surface area contributed by atoms with Crippen LogP contribution >= 0.6 is 35.3 Å². The van der Waals surface area contributed by atoms with Crippen LogP contribution in [0.3, 0.4) is 0 Å². The van der Waals surface area contributed by atoms with Gasteiger partial charge in [-0.1, -0.05) is 89.7 Å². The van der Waals surface area contributed by atoms with E-state index >= 15 is 0 Å². The molecule has 2 heterocycles. The summed E-state index contributed by atoms with van der Waals surface area (Å²) < 4.78 is 6.46. The summed E-state index contributed by atoms with van der Waals surface area (Å²) in [5, 5.41) is 1.30. The number of halogens is 2. The standard InChI is InChI=1S/C28H28ClN3O2S.ClH/c29-23-13-7-14-24-26(23)30-28(35-24)32(16-8-15-31-17-19-34-20-18-31)27(33)25(21-9-3-1-4-10-21)22-11-5-2-6-12-22;/h1-7,9-14,25H,8,15-20H2;1H. The summed E-state index contributed by atoms with van der Waals surface area (Å²) in [6.07, 6.45) is 0.853. The quantitative estimate of drug-likeness (QED) is 0.264. The maximum absolute atomic E-state index is 14.3. The van der Waals surface area contributed by atoms with Crippen LogP contribution in [0.25, 0.3) is 10.2 Å². The van der Waals surface area contributed by atoms with Crippen LogP contribution in [0.2, 0.25) is 5.02 Å². The number of ether oxygens (including phenoxy) is 1. The van der Waals surface area contributed by atoms with E-state index in [4.69, 9.17) is 21.3 Å². The number of thiazole rings is 1. The summed E-state index contributed by atoms with van der Waals surface area (Å²) in [5.41, 5.74) is 2.69. The third-order valence-corrected chi connectivity index (χ3v) is 7.68. The number of carbonyl (C=O) groups excluding carboxylic acids is 1. The molecule has 0 bridgehead atoms. The Labute approximate surface area is 227 Å². The number of morpholine rings is 1. The number of nitrogens with zero attached hydrogens (tertiary/aromatic N) is 3. The first-order valence-electron chi connectivity index (χ1n) is 12.0. The lowest BCUT2D eigenvalue weighted by Gasteiger charge is -2.29. The van der Waals surface area contributed by atoms with Crippen molar-refractivity contribution in [1.82, 2.24) is 9.88 Å². The predicted molar refractivity (Wildman–Crippen MR) is 151 cm³/mol. The highest BCUT2D eigenvalue weighted by Gasteiger charge is 2.30. The zero-order chi connectivity index (χ0) is 24.0. The molecule has 188 valence electrons. The third-order valence-electron chi connectivity index (χ3n) is 6.33. The van der Waals surface area contributed by atoms with Crippen molar-refractivity contribution < 1.29 is 9.53 Å². The maximum Gasteiger partial charge on any atom is 0.240 e. The molecule has 0 unspecified atom stereocenters. The molecule has 0 atom stereocenters. The molecule has 0 aliphatic carbocycles. The molecule has 4 aromatic rings. The molecule has 8 heteroatoms. The van der Waals surface area contributed by atoms with Crippen LogP contribution < -0.4 is 4.90 Å². The Morgan fingerprint density at radius 2 is 1.61 bits per heavy atom. The summed E-state index contributed by atoms with van der Waals surface area (Å²) in [7, 11) is 0. The molecule has 1 aliphatic heterocycles. The summed E-state index contributed by atoms with van der Waals surface area (Å²) in [6, 6.07) is 25.8. The van der Waals surface area contributed by atoms with Gasteiger partial charge in [-0.15, -0.1) is 12.4 Å². The van der Waals surface area contributed by atoms with E-state index in [1.54, 1.807) is 0 Å². The molecule has 1 saturated heterocycles. The zero-order valence-electron chi connectivity index (χ0n) is 19.9. The fourth-order valence-corrected chi connectivity index (χ4v) is 5.82. The maximum atomic E-state index is 14.3. The van der Waals surface area contributed by atoms with E-state index in [0.29, 0.717) is 16.7 Å². The lowest BCUT2D eigenvalue weighted by atomic mass is 9.90. The third kappa shape index (κ3) is 6.07. The van der Waals surface area contributed by atoms with Crippen LogP contribution in [-0.4, -0.2) is 55.2 Å². The largest absolute Gasteiger partial charge is 0.379 e. The van der Waals surface area contributed by atoms with Crippen molar-refractivity contribution >= 4 is 56.6 Å². The van der Waals surface area contributed by atoms with Crippen molar-refractivity contribution in [3.05, 3.63) is 95.0 Å². The minimum Gasteiger partial charge on any atom is -0.379 e. The second-order valence-electron chi connectivity index (χ2n) is 8.63. The van der Waals surface area contributed by atoms with Gasteiger partial charge in [0, 0.05) is 26.2 Å². The molecule has 0 saturated carbocycles. The molecule has 1 aliphatic rings. The minimum atomic E-state index is -0.414. The van der Waals surface area contributed by atoms with E-state index in [-0.39, 0.29) is 18.3 Å². The molecule has 5 rings (SSSR count). The number of anilines is 1.